The fourth-order valence-electron chi connectivity index (χ4n) is 0.322. The normalized spacial score (nSPS) is 15.4. The van der Waals surface area contributed by atoms with Crippen LogP contribution in [-0.2, 0) is 10.0 Å². The van der Waals surface area contributed by atoms with E-state index in [4.69, 9.17) is 0 Å². The fourth-order valence-corrected chi connectivity index (χ4v) is 1.19. The summed E-state index contributed by atoms with van der Waals surface area (Å²) in [5.74, 6) is 0. The lowest BCUT2D eigenvalue weighted by Gasteiger charge is -2.05. The van der Waals surface area contributed by atoms with E-state index in [0.717, 1.165) is 0 Å². The molecule has 0 spiro atoms. The Morgan fingerprint density at radius 2 is 2.11 bits per heavy atom. The summed E-state index contributed by atoms with van der Waals surface area (Å²) < 4.78 is 23.2. The molecule has 0 aliphatic heterocycles. The highest BCUT2D eigenvalue weighted by Gasteiger charge is 2.13. The molecule has 0 radical (unpaired) electrons. The van der Waals surface area contributed by atoms with Crippen molar-refractivity contribution in [2.45, 2.75) is 18.4 Å². The van der Waals surface area contributed by atoms with Crippen LogP contribution in [0.4, 0.5) is 0 Å². The zero-order valence-corrected chi connectivity index (χ0v) is 7.17. The minimum absolute atomic E-state index is 0.424. The van der Waals surface area contributed by atoms with Crippen molar-refractivity contribution in [2.24, 2.45) is 0 Å². The maximum atomic E-state index is 10.7. The summed E-state index contributed by atoms with van der Waals surface area (Å²) in [4.78, 5) is 0. The number of sulfonamides is 1. The van der Waals surface area contributed by atoms with Gasteiger partial charge in [-0.1, -0.05) is 6.92 Å². The molecule has 1 unspecified atom stereocenters. The van der Waals surface area contributed by atoms with Gasteiger partial charge in [0.2, 0.25) is 10.0 Å². The Hall–Kier alpha value is 0.260. The minimum atomic E-state index is -3.13. The van der Waals surface area contributed by atoms with E-state index < -0.39 is 14.6 Å². The number of thiol groups is 1. The molecule has 0 fully saturated rings. The molecule has 0 saturated heterocycles. The van der Waals surface area contributed by atoms with Crippen LogP contribution < -0.4 is 4.72 Å². The highest BCUT2D eigenvalue weighted by atomic mass is 32.3. The first-order valence-electron chi connectivity index (χ1n) is 2.67. The van der Waals surface area contributed by atoms with Crippen LogP contribution in [0.15, 0.2) is 0 Å². The Kier molecular flexibility index (Phi) is 3.53. The lowest BCUT2D eigenvalue weighted by molar-refractivity contribution is 0.583. The summed E-state index contributed by atoms with van der Waals surface area (Å²) in [5, 5.41) is 0. The van der Waals surface area contributed by atoms with E-state index in [1.807, 2.05) is 0 Å². The third-order valence-corrected chi connectivity index (χ3v) is 3.22. The highest BCUT2D eigenvalue weighted by molar-refractivity contribution is 8.03. The molecule has 0 saturated carbocycles. The third-order valence-electron chi connectivity index (χ3n) is 0.795. The zero-order chi connectivity index (χ0) is 7.49. The van der Waals surface area contributed by atoms with Crippen LogP contribution in [0.25, 0.3) is 0 Å². The Bertz CT molecular complexity index is 161. The summed E-state index contributed by atoms with van der Waals surface area (Å²) in [6, 6.07) is 0. The van der Waals surface area contributed by atoms with Crippen LogP contribution in [-0.4, -0.2) is 19.5 Å². The van der Waals surface area contributed by atoms with E-state index in [9.17, 15) is 8.42 Å². The first-order chi connectivity index (χ1) is 4.00. The standard InChI is InChI=1S/C4H11NO2S2/c1-3-5-9(6,7)4(2)8/h4-5,8H,3H2,1-2H3. The molecule has 0 bridgehead atoms. The van der Waals surface area contributed by atoms with Crippen molar-refractivity contribution < 1.29 is 8.42 Å². The lowest BCUT2D eigenvalue weighted by atomic mass is 10.8. The second-order valence-corrected chi connectivity index (χ2v) is 4.85. The van der Waals surface area contributed by atoms with Gasteiger partial charge in [0, 0.05) is 6.54 Å². The molecule has 0 aliphatic rings. The van der Waals surface area contributed by atoms with Crippen LogP contribution in [0.2, 0.25) is 0 Å². The molecule has 3 nitrogen and oxygen atoms in total. The molecule has 0 aromatic rings. The van der Waals surface area contributed by atoms with Gasteiger partial charge in [-0.05, 0) is 6.92 Å². The van der Waals surface area contributed by atoms with Gasteiger partial charge in [-0.2, -0.15) is 12.6 Å². The molecule has 0 aromatic carbocycles. The summed E-state index contributed by atoms with van der Waals surface area (Å²) in [6.07, 6.45) is 0. The predicted octanol–water partition coefficient (Wildman–Crippen LogP) is 0.202. The maximum absolute atomic E-state index is 10.7. The summed E-state index contributed by atoms with van der Waals surface area (Å²) >= 11 is 3.76. The topological polar surface area (TPSA) is 46.2 Å². The summed E-state index contributed by atoms with van der Waals surface area (Å²) in [5.41, 5.74) is 0. The molecule has 0 heterocycles. The van der Waals surface area contributed by atoms with Gasteiger partial charge in [0.15, 0.2) is 0 Å². The monoisotopic (exact) mass is 169 g/mol. The van der Waals surface area contributed by atoms with E-state index in [-0.39, 0.29) is 0 Å². The van der Waals surface area contributed by atoms with Crippen LogP contribution in [0.5, 0.6) is 0 Å². The predicted molar refractivity (Wildman–Crippen MR) is 41.0 cm³/mol. The van der Waals surface area contributed by atoms with Gasteiger partial charge >= 0.3 is 0 Å². The molecule has 0 aliphatic carbocycles. The second-order valence-electron chi connectivity index (χ2n) is 1.64. The molecule has 0 aromatic heterocycles. The first kappa shape index (κ1) is 9.26. The van der Waals surface area contributed by atoms with Crippen LogP contribution in [0.3, 0.4) is 0 Å². The van der Waals surface area contributed by atoms with Gasteiger partial charge in [0.1, 0.15) is 4.58 Å². The first-order valence-corrected chi connectivity index (χ1v) is 4.73. The molecular weight excluding hydrogens is 158 g/mol. The van der Waals surface area contributed by atoms with Gasteiger partial charge in [-0.3, -0.25) is 0 Å². The third kappa shape index (κ3) is 3.07. The maximum Gasteiger partial charge on any atom is 0.223 e. The van der Waals surface area contributed by atoms with Gasteiger partial charge in [0.05, 0.1) is 0 Å². The second kappa shape index (κ2) is 3.43. The van der Waals surface area contributed by atoms with Crippen LogP contribution >= 0.6 is 12.6 Å². The van der Waals surface area contributed by atoms with Crippen molar-refractivity contribution in [1.29, 1.82) is 0 Å². The van der Waals surface area contributed by atoms with Crippen LogP contribution in [0.1, 0.15) is 13.8 Å². The number of hydrogen-bond donors (Lipinski definition) is 2. The largest absolute Gasteiger partial charge is 0.223 e. The number of rotatable bonds is 3. The van der Waals surface area contributed by atoms with Crippen molar-refractivity contribution in [3.63, 3.8) is 0 Å². The van der Waals surface area contributed by atoms with Gasteiger partial charge in [-0.25, -0.2) is 13.1 Å². The SMILES string of the molecule is CCNS(=O)(=O)C(C)S. The van der Waals surface area contributed by atoms with E-state index in [0.29, 0.717) is 6.54 Å². The molecule has 1 atom stereocenters. The molecule has 56 valence electrons. The van der Waals surface area contributed by atoms with E-state index >= 15 is 0 Å². The average molecular weight is 169 g/mol. The molecular formula is C4H11NO2S2. The minimum Gasteiger partial charge on any atom is -0.215 e. The zero-order valence-electron chi connectivity index (χ0n) is 5.46. The smallest absolute Gasteiger partial charge is 0.215 e. The quantitative estimate of drug-likeness (QED) is 0.593. The Labute approximate surface area is 61.3 Å². The average Bonchev–Trinajstić information content (AvgIpc) is 1.65. The van der Waals surface area contributed by atoms with E-state index in [2.05, 4.69) is 17.4 Å². The molecule has 0 rings (SSSR count). The van der Waals surface area contributed by atoms with E-state index in [1.54, 1.807) is 6.92 Å². The Balaban J connectivity index is 4.05. The summed E-state index contributed by atoms with van der Waals surface area (Å²) in [7, 11) is -3.13. The van der Waals surface area contributed by atoms with Crippen molar-refractivity contribution in [3.8, 4) is 0 Å². The Morgan fingerprint density at radius 3 is 2.22 bits per heavy atom. The van der Waals surface area contributed by atoms with Gasteiger partial charge in [-0.15, -0.1) is 0 Å². The Morgan fingerprint density at radius 1 is 1.67 bits per heavy atom. The van der Waals surface area contributed by atoms with Gasteiger partial charge < -0.3 is 0 Å². The van der Waals surface area contributed by atoms with Crippen molar-refractivity contribution >= 4 is 22.7 Å². The fraction of sp³-hybridized carbons (Fsp3) is 1.00. The van der Waals surface area contributed by atoms with Crippen molar-refractivity contribution in [2.75, 3.05) is 6.54 Å². The van der Waals surface area contributed by atoms with Crippen molar-refractivity contribution in [1.82, 2.24) is 4.72 Å². The van der Waals surface area contributed by atoms with Crippen LogP contribution in [0, 0.1) is 0 Å². The van der Waals surface area contributed by atoms with Crippen molar-refractivity contribution in [3.05, 3.63) is 0 Å². The number of hydrogen-bond acceptors (Lipinski definition) is 3. The molecule has 9 heavy (non-hydrogen) atoms. The molecule has 0 amide bonds. The number of nitrogens with one attached hydrogen (secondary N) is 1. The summed E-state index contributed by atoms with van der Waals surface area (Å²) in [6.45, 7) is 3.67. The highest BCUT2D eigenvalue weighted by Crippen LogP contribution is 2.00. The lowest BCUT2D eigenvalue weighted by Crippen LogP contribution is -2.29. The van der Waals surface area contributed by atoms with E-state index in [1.165, 1.54) is 6.92 Å². The molecule has 5 heteroatoms. The van der Waals surface area contributed by atoms with Gasteiger partial charge in [0.25, 0.3) is 0 Å². The molecule has 1 N–H and O–H groups in total.